The molecule has 3 atom stereocenters. The molecule has 34 heavy (non-hydrogen) atoms. The molecule has 0 saturated heterocycles. The Hall–Kier alpha value is -3.35. The first kappa shape index (κ1) is 23.8. The average Bonchev–Trinajstić information content (AvgIpc) is 3.35. The van der Waals surface area contributed by atoms with Gasteiger partial charge in [-0.1, -0.05) is 61.9 Å². The van der Waals surface area contributed by atoms with Crippen molar-refractivity contribution in [3.63, 3.8) is 0 Å². The molecule has 2 aliphatic carbocycles. The second-order valence-corrected chi connectivity index (χ2v) is 9.75. The number of carbonyl (C=O) groups is 3. The SMILES string of the molecule is CC(CNC(=O)OCC1c2ccccc2-c2ccccc21)CC(=O)NC1CCCC1(C)C(=O)O. The Morgan fingerprint density at radius 3 is 2.32 bits per heavy atom. The number of alkyl carbamates (subject to hydrolysis) is 1. The van der Waals surface area contributed by atoms with Gasteiger partial charge in [0, 0.05) is 24.9 Å². The fraction of sp³-hybridized carbons (Fsp3) is 0.444. The predicted octanol–water partition coefficient (Wildman–Crippen LogP) is 4.31. The van der Waals surface area contributed by atoms with Gasteiger partial charge in [0.1, 0.15) is 6.61 Å². The lowest BCUT2D eigenvalue weighted by Crippen LogP contribution is -2.47. The molecular formula is C27H32N2O5. The van der Waals surface area contributed by atoms with Gasteiger partial charge in [-0.25, -0.2) is 4.79 Å². The summed E-state index contributed by atoms with van der Waals surface area (Å²) in [6, 6.07) is 16.0. The van der Waals surface area contributed by atoms with Crippen molar-refractivity contribution in [3.8, 4) is 11.1 Å². The van der Waals surface area contributed by atoms with Crippen LogP contribution in [-0.2, 0) is 14.3 Å². The molecule has 1 fully saturated rings. The maximum Gasteiger partial charge on any atom is 0.407 e. The number of rotatable bonds is 8. The van der Waals surface area contributed by atoms with Gasteiger partial charge >= 0.3 is 12.1 Å². The minimum atomic E-state index is -0.918. The van der Waals surface area contributed by atoms with Crippen LogP contribution in [0.1, 0.15) is 56.6 Å². The van der Waals surface area contributed by atoms with E-state index in [9.17, 15) is 19.5 Å². The van der Waals surface area contributed by atoms with E-state index in [2.05, 4.69) is 34.9 Å². The molecule has 0 bridgehead atoms. The molecule has 2 aromatic rings. The summed E-state index contributed by atoms with van der Waals surface area (Å²) in [5.74, 6) is -1.18. The molecule has 2 aromatic carbocycles. The number of carboxylic acid groups (broad SMARTS) is 1. The number of carbonyl (C=O) groups excluding carboxylic acids is 2. The van der Waals surface area contributed by atoms with Crippen molar-refractivity contribution in [1.29, 1.82) is 0 Å². The summed E-state index contributed by atoms with van der Waals surface area (Å²) in [6.45, 7) is 4.10. The van der Waals surface area contributed by atoms with Gasteiger partial charge in [0.25, 0.3) is 0 Å². The normalized spacial score (nSPS) is 21.9. The second-order valence-electron chi connectivity index (χ2n) is 9.75. The van der Waals surface area contributed by atoms with Crippen molar-refractivity contribution in [2.24, 2.45) is 11.3 Å². The molecule has 0 heterocycles. The minimum Gasteiger partial charge on any atom is -0.481 e. The third kappa shape index (κ3) is 4.79. The summed E-state index contributed by atoms with van der Waals surface area (Å²) in [5.41, 5.74) is 3.74. The Labute approximate surface area is 199 Å². The van der Waals surface area contributed by atoms with Gasteiger partial charge < -0.3 is 20.5 Å². The van der Waals surface area contributed by atoms with Gasteiger partial charge in [0.2, 0.25) is 5.91 Å². The molecule has 0 spiro atoms. The quantitative estimate of drug-likeness (QED) is 0.540. The van der Waals surface area contributed by atoms with Crippen molar-refractivity contribution in [1.82, 2.24) is 10.6 Å². The van der Waals surface area contributed by atoms with Gasteiger partial charge in [-0.15, -0.1) is 0 Å². The van der Waals surface area contributed by atoms with E-state index < -0.39 is 17.5 Å². The van der Waals surface area contributed by atoms with Gasteiger partial charge in [0.05, 0.1) is 5.41 Å². The summed E-state index contributed by atoms with van der Waals surface area (Å²) in [5, 5.41) is 15.1. The monoisotopic (exact) mass is 464 g/mol. The van der Waals surface area contributed by atoms with Crippen molar-refractivity contribution < 1.29 is 24.2 Å². The fourth-order valence-electron chi connectivity index (χ4n) is 5.20. The van der Waals surface area contributed by atoms with Crippen LogP contribution in [0.15, 0.2) is 48.5 Å². The molecule has 0 aromatic heterocycles. The van der Waals surface area contributed by atoms with E-state index in [4.69, 9.17) is 4.74 Å². The number of ether oxygens (including phenoxy) is 1. The third-order valence-electron chi connectivity index (χ3n) is 7.25. The molecule has 0 radical (unpaired) electrons. The number of aliphatic carboxylic acids is 1. The molecule has 7 heteroatoms. The molecule has 2 aliphatic rings. The van der Waals surface area contributed by atoms with Crippen LogP contribution in [0.4, 0.5) is 4.79 Å². The summed E-state index contributed by atoms with van der Waals surface area (Å²) < 4.78 is 5.54. The topological polar surface area (TPSA) is 105 Å². The minimum absolute atomic E-state index is 0.00342. The number of amides is 2. The highest BCUT2D eigenvalue weighted by molar-refractivity contribution is 5.81. The molecule has 4 rings (SSSR count). The number of hydrogen-bond acceptors (Lipinski definition) is 4. The molecule has 2 amide bonds. The number of benzene rings is 2. The Bertz CT molecular complexity index is 1040. The van der Waals surface area contributed by atoms with E-state index in [1.54, 1.807) is 6.92 Å². The molecule has 3 N–H and O–H groups in total. The highest BCUT2D eigenvalue weighted by atomic mass is 16.5. The highest BCUT2D eigenvalue weighted by Crippen LogP contribution is 2.44. The van der Waals surface area contributed by atoms with E-state index in [-0.39, 0.29) is 36.8 Å². The van der Waals surface area contributed by atoms with Crippen LogP contribution in [0.2, 0.25) is 0 Å². The Balaban J connectivity index is 1.24. The predicted molar refractivity (Wildman–Crippen MR) is 128 cm³/mol. The standard InChI is InChI=1S/C27H32N2O5/c1-17(14-24(30)29-23-12-7-13-27(23,2)25(31)32)15-28-26(33)34-16-22-20-10-5-3-8-18(20)19-9-4-6-11-21(19)22/h3-6,8-11,17,22-23H,7,12-16H2,1-2H3,(H,28,33)(H,29,30)(H,31,32). The summed E-state index contributed by atoms with van der Waals surface area (Å²) in [4.78, 5) is 36.4. The van der Waals surface area contributed by atoms with Gasteiger partial charge in [-0.3, -0.25) is 9.59 Å². The first-order chi connectivity index (χ1) is 16.3. The van der Waals surface area contributed by atoms with Crippen LogP contribution in [0.25, 0.3) is 11.1 Å². The van der Waals surface area contributed by atoms with Crippen LogP contribution in [0, 0.1) is 11.3 Å². The van der Waals surface area contributed by atoms with E-state index in [0.717, 1.165) is 17.5 Å². The lowest BCUT2D eigenvalue weighted by Gasteiger charge is -2.28. The van der Waals surface area contributed by atoms with Gasteiger partial charge in [-0.2, -0.15) is 0 Å². The lowest BCUT2D eigenvalue weighted by molar-refractivity contribution is -0.149. The van der Waals surface area contributed by atoms with Gasteiger partial charge in [0.15, 0.2) is 0 Å². The van der Waals surface area contributed by atoms with E-state index in [0.29, 0.717) is 19.4 Å². The van der Waals surface area contributed by atoms with E-state index >= 15 is 0 Å². The summed E-state index contributed by atoms with van der Waals surface area (Å²) in [6.07, 6.45) is 1.71. The Morgan fingerprint density at radius 1 is 1.09 bits per heavy atom. The first-order valence-corrected chi connectivity index (χ1v) is 11.9. The first-order valence-electron chi connectivity index (χ1n) is 11.9. The Kier molecular flexibility index (Phi) is 6.91. The number of nitrogens with one attached hydrogen (secondary N) is 2. The maximum atomic E-state index is 12.4. The number of carboxylic acids is 1. The molecule has 3 unspecified atom stereocenters. The van der Waals surface area contributed by atoms with Crippen molar-refractivity contribution >= 4 is 18.0 Å². The van der Waals surface area contributed by atoms with Crippen molar-refractivity contribution in [2.45, 2.75) is 51.5 Å². The largest absolute Gasteiger partial charge is 0.481 e. The van der Waals surface area contributed by atoms with Crippen LogP contribution in [0.5, 0.6) is 0 Å². The molecule has 1 saturated carbocycles. The number of fused-ring (bicyclic) bond motifs is 3. The zero-order valence-corrected chi connectivity index (χ0v) is 19.7. The summed E-state index contributed by atoms with van der Waals surface area (Å²) >= 11 is 0. The zero-order chi connectivity index (χ0) is 24.3. The smallest absolute Gasteiger partial charge is 0.407 e. The second kappa shape index (κ2) is 9.87. The lowest BCUT2D eigenvalue weighted by atomic mass is 9.85. The molecule has 180 valence electrons. The van der Waals surface area contributed by atoms with Crippen LogP contribution in [0.3, 0.4) is 0 Å². The van der Waals surface area contributed by atoms with Crippen LogP contribution >= 0.6 is 0 Å². The van der Waals surface area contributed by atoms with Crippen LogP contribution < -0.4 is 10.6 Å². The molecule has 0 aliphatic heterocycles. The Morgan fingerprint density at radius 2 is 1.71 bits per heavy atom. The molecule has 7 nitrogen and oxygen atoms in total. The van der Waals surface area contributed by atoms with Gasteiger partial charge in [-0.05, 0) is 47.9 Å². The fourth-order valence-corrected chi connectivity index (χ4v) is 5.20. The maximum absolute atomic E-state index is 12.4. The summed E-state index contributed by atoms with van der Waals surface area (Å²) in [7, 11) is 0. The molecular weight excluding hydrogens is 432 g/mol. The highest BCUT2D eigenvalue weighted by Gasteiger charge is 2.45. The van der Waals surface area contributed by atoms with Crippen LogP contribution in [-0.4, -0.2) is 42.3 Å². The van der Waals surface area contributed by atoms with E-state index in [1.165, 1.54) is 11.1 Å². The average molecular weight is 465 g/mol. The zero-order valence-electron chi connectivity index (χ0n) is 19.7. The van der Waals surface area contributed by atoms with E-state index in [1.807, 2.05) is 31.2 Å². The third-order valence-corrected chi connectivity index (χ3v) is 7.25. The number of hydrogen-bond donors (Lipinski definition) is 3. The van der Waals surface area contributed by atoms with Crippen molar-refractivity contribution in [2.75, 3.05) is 13.2 Å². The van der Waals surface area contributed by atoms with Crippen molar-refractivity contribution in [3.05, 3.63) is 59.7 Å².